The number of hydrogen-bond acceptors (Lipinski definition) is 6. The second-order valence-corrected chi connectivity index (χ2v) is 4.35. The second-order valence-electron chi connectivity index (χ2n) is 2.30. The predicted molar refractivity (Wildman–Crippen MR) is 52.7 cm³/mol. The summed E-state index contributed by atoms with van der Waals surface area (Å²) >= 11 is 0. The molecule has 14 heavy (non-hydrogen) atoms. The fraction of sp³-hybridized carbons (Fsp3) is 1.00. The van der Waals surface area contributed by atoms with Gasteiger partial charge >= 0.3 is 7.60 Å². The van der Waals surface area contributed by atoms with Gasteiger partial charge in [-0.2, -0.15) is 0 Å². The normalized spacial score (nSPS) is 11.1. The van der Waals surface area contributed by atoms with E-state index in [1.807, 2.05) is 0 Å². The Bertz CT molecular complexity index is 154. The lowest BCUT2D eigenvalue weighted by atomic mass is 10.8. The van der Waals surface area contributed by atoms with Crippen LogP contribution in [0.1, 0.15) is 20.8 Å². The fourth-order valence-electron chi connectivity index (χ4n) is 0.506. The molecule has 0 aromatic rings. The molecular formula is C7H20NO5P. The van der Waals surface area contributed by atoms with Crippen LogP contribution in [0.4, 0.5) is 0 Å². The van der Waals surface area contributed by atoms with Crippen LogP contribution in [0, 0.1) is 0 Å². The molecule has 0 rings (SSSR count). The zero-order valence-corrected chi connectivity index (χ0v) is 10.0. The lowest BCUT2D eigenvalue weighted by molar-refractivity contribution is -0.303. The van der Waals surface area contributed by atoms with Crippen molar-refractivity contribution in [3.63, 3.8) is 0 Å². The first-order chi connectivity index (χ1) is 6.39. The summed E-state index contributed by atoms with van der Waals surface area (Å²) in [6.07, 6.45) is 0. The highest BCUT2D eigenvalue weighted by molar-refractivity contribution is 7.52. The number of rotatable bonds is 5. The fourth-order valence-corrected chi connectivity index (χ4v) is 1.52. The molecule has 0 fully saturated rings. The largest absolute Gasteiger partial charge is 0.327 e. The molecule has 0 unspecified atom stereocenters. The molecule has 0 saturated heterocycles. The van der Waals surface area contributed by atoms with Crippen molar-refractivity contribution >= 4 is 7.60 Å². The van der Waals surface area contributed by atoms with E-state index in [2.05, 4.69) is 0 Å². The van der Waals surface area contributed by atoms with E-state index < -0.39 is 7.60 Å². The van der Waals surface area contributed by atoms with Crippen LogP contribution in [-0.4, -0.2) is 42.1 Å². The molecule has 0 aromatic carbocycles. The van der Waals surface area contributed by atoms with Gasteiger partial charge in [0.15, 0.2) is 0 Å². The molecule has 0 heterocycles. The van der Waals surface area contributed by atoms with E-state index in [4.69, 9.17) is 19.5 Å². The van der Waals surface area contributed by atoms with Crippen molar-refractivity contribution in [3.8, 4) is 0 Å². The summed E-state index contributed by atoms with van der Waals surface area (Å²) in [5, 5.41) is 15.6. The van der Waals surface area contributed by atoms with Crippen LogP contribution in [-0.2, 0) is 13.6 Å². The van der Waals surface area contributed by atoms with E-state index in [9.17, 15) is 4.57 Å². The summed E-state index contributed by atoms with van der Waals surface area (Å²) in [5.74, 6) is 0. The molecule has 0 aliphatic heterocycles. The van der Waals surface area contributed by atoms with Gasteiger partial charge in [0, 0.05) is 13.2 Å². The molecule has 0 spiro atoms. The zero-order chi connectivity index (χ0) is 11.6. The van der Waals surface area contributed by atoms with Crippen LogP contribution >= 0.6 is 7.60 Å². The third-order valence-corrected chi connectivity index (χ3v) is 2.46. The summed E-state index contributed by atoms with van der Waals surface area (Å²) in [6.45, 7) is 7.80. The molecule has 6 nitrogen and oxygen atoms in total. The summed E-state index contributed by atoms with van der Waals surface area (Å²) in [4.78, 5) is 0. The van der Waals surface area contributed by atoms with Gasteiger partial charge in [0.1, 0.15) is 0 Å². The molecule has 0 saturated carbocycles. The molecule has 0 amide bonds. The Morgan fingerprint density at radius 2 is 1.43 bits per heavy atom. The van der Waals surface area contributed by atoms with Gasteiger partial charge < -0.3 is 9.05 Å². The van der Waals surface area contributed by atoms with Gasteiger partial charge in [-0.25, -0.2) is 0 Å². The molecule has 0 bridgehead atoms. The molecule has 7 heteroatoms. The van der Waals surface area contributed by atoms with Gasteiger partial charge in [-0.05, 0) is 20.8 Å². The van der Waals surface area contributed by atoms with Crippen LogP contribution in [0.3, 0.4) is 0 Å². The minimum atomic E-state index is -2.69. The zero-order valence-electron chi connectivity index (χ0n) is 9.13. The van der Waals surface area contributed by atoms with Crippen molar-refractivity contribution in [2.75, 3.05) is 26.4 Å². The topological polar surface area (TPSA) is 79.2 Å². The first kappa shape index (κ1) is 16.5. The SMILES string of the molecule is CCN(O)O.CCOP(C)(=O)OCC. The Hall–Kier alpha value is 0.0300. The quantitative estimate of drug-likeness (QED) is 0.554. The molecule has 0 radical (unpaired) electrons. The summed E-state index contributed by atoms with van der Waals surface area (Å²) in [7, 11) is -2.69. The van der Waals surface area contributed by atoms with E-state index >= 15 is 0 Å². The molecule has 0 aromatic heterocycles. The van der Waals surface area contributed by atoms with Crippen molar-refractivity contribution in [2.24, 2.45) is 0 Å². The molecule has 0 aliphatic carbocycles. The van der Waals surface area contributed by atoms with Crippen LogP contribution < -0.4 is 0 Å². The van der Waals surface area contributed by atoms with E-state index in [0.29, 0.717) is 13.2 Å². The third kappa shape index (κ3) is 14.5. The van der Waals surface area contributed by atoms with Crippen molar-refractivity contribution in [2.45, 2.75) is 20.8 Å². The van der Waals surface area contributed by atoms with E-state index in [1.54, 1.807) is 20.8 Å². The minimum absolute atomic E-state index is 0.125. The maximum atomic E-state index is 11.0. The summed E-state index contributed by atoms with van der Waals surface area (Å²) in [5.41, 5.74) is 0. The van der Waals surface area contributed by atoms with Gasteiger partial charge in [0.2, 0.25) is 0 Å². The highest BCUT2D eigenvalue weighted by atomic mass is 31.2. The monoisotopic (exact) mass is 229 g/mol. The van der Waals surface area contributed by atoms with Gasteiger partial charge in [0.05, 0.1) is 13.2 Å². The maximum Gasteiger partial charge on any atom is 0.327 e. The number of hydrogen-bond donors (Lipinski definition) is 2. The van der Waals surface area contributed by atoms with Gasteiger partial charge in [-0.1, -0.05) is 5.23 Å². The van der Waals surface area contributed by atoms with E-state index in [-0.39, 0.29) is 11.8 Å². The first-order valence-electron chi connectivity index (χ1n) is 4.41. The average Bonchev–Trinajstić information content (AvgIpc) is 2.05. The van der Waals surface area contributed by atoms with Crippen LogP contribution in [0.5, 0.6) is 0 Å². The molecular weight excluding hydrogens is 209 g/mol. The first-order valence-corrected chi connectivity index (χ1v) is 6.40. The van der Waals surface area contributed by atoms with Crippen molar-refractivity contribution in [3.05, 3.63) is 0 Å². The molecule has 88 valence electrons. The van der Waals surface area contributed by atoms with Crippen molar-refractivity contribution < 1.29 is 24.0 Å². The van der Waals surface area contributed by atoms with Gasteiger partial charge in [-0.15, -0.1) is 0 Å². The third-order valence-electron chi connectivity index (χ3n) is 1.01. The van der Waals surface area contributed by atoms with Crippen LogP contribution in [0.15, 0.2) is 0 Å². The van der Waals surface area contributed by atoms with Crippen molar-refractivity contribution in [1.82, 2.24) is 5.23 Å². The van der Waals surface area contributed by atoms with Gasteiger partial charge in [0.25, 0.3) is 0 Å². The average molecular weight is 229 g/mol. The van der Waals surface area contributed by atoms with Crippen molar-refractivity contribution in [1.29, 1.82) is 0 Å². The summed E-state index contributed by atoms with van der Waals surface area (Å²) < 4.78 is 20.6. The van der Waals surface area contributed by atoms with Gasteiger partial charge in [-0.3, -0.25) is 15.0 Å². The Morgan fingerprint density at radius 3 is 1.57 bits per heavy atom. The predicted octanol–water partition coefficient (Wildman–Crippen LogP) is 1.97. The second kappa shape index (κ2) is 9.58. The Kier molecular flexibility index (Phi) is 11.3. The Labute approximate surface area is 84.9 Å². The number of nitrogens with zero attached hydrogens (tertiary/aromatic N) is 1. The minimum Gasteiger partial charge on any atom is -0.309 e. The van der Waals surface area contributed by atoms with Crippen LogP contribution in [0.2, 0.25) is 0 Å². The number of hydroxylamine groups is 2. The molecule has 0 aliphatic rings. The van der Waals surface area contributed by atoms with E-state index in [0.717, 1.165) is 0 Å². The Morgan fingerprint density at radius 1 is 1.14 bits per heavy atom. The highest BCUT2D eigenvalue weighted by Crippen LogP contribution is 2.43. The lowest BCUT2D eigenvalue weighted by Gasteiger charge is -2.10. The molecule has 2 N–H and O–H groups in total. The lowest BCUT2D eigenvalue weighted by Crippen LogP contribution is -2.10. The van der Waals surface area contributed by atoms with Crippen LogP contribution in [0.25, 0.3) is 0 Å². The maximum absolute atomic E-state index is 11.0. The van der Waals surface area contributed by atoms with E-state index in [1.165, 1.54) is 6.66 Å². The standard InChI is InChI=1S/C5H13O3P.C2H7NO2/c1-4-7-9(3,6)8-5-2;1-2-3(4)5/h4-5H2,1-3H3;4-5H,2H2,1H3. The smallest absolute Gasteiger partial charge is 0.309 e. The Balaban J connectivity index is 0. The summed E-state index contributed by atoms with van der Waals surface area (Å²) in [6, 6.07) is 0. The highest BCUT2D eigenvalue weighted by Gasteiger charge is 2.13. The molecule has 0 atom stereocenters.